The first-order valence-corrected chi connectivity index (χ1v) is 12.1. The number of nitrogens with one attached hydrogen (secondary N) is 2. The fraction of sp³-hybridized carbons (Fsp3) is 0.125. The van der Waals surface area contributed by atoms with Crippen molar-refractivity contribution in [1.82, 2.24) is 4.98 Å². The molecule has 4 aromatic rings. The second kappa shape index (κ2) is 10.2. The number of hydrogen-bond acceptors (Lipinski definition) is 6. The molecule has 6 nitrogen and oxygen atoms in total. The molecule has 33 heavy (non-hydrogen) atoms. The zero-order chi connectivity index (χ0) is 23.4. The van der Waals surface area contributed by atoms with Crippen LogP contribution in [0.5, 0.6) is 5.75 Å². The maximum atomic E-state index is 12.5. The molecule has 168 valence electrons. The zero-order valence-electron chi connectivity index (χ0n) is 17.8. The number of thioether (sulfide) groups is 1. The number of amides is 2. The van der Waals surface area contributed by atoms with Gasteiger partial charge in [0.2, 0.25) is 5.91 Å². The van der Waals surface area contributed by atoms with E-state index in [2.05, 4.69) is 15.6 Å². The monoisotopic (exact) mass is 497 g/mol. The van der Waals surface area contributed by atoms with E-state index >= 15 is 0 Å². The summed E-state index contributed by atoms with van der Waals surface area (Å²) in [4.78, 5) is 29.4. The van der Waals surface area contributed by atoms with Crippen LogP contribution in [0.1, 0.15) is 15.9 Å². The number of rotatable bonds is 7. The molecule has 0 aliphatic rings. The number of fused-ring (bicyclic) bond motifs is 1. The molecule has 0 saturated heterocycles. The first kappa shape index (κ1) is 23.1. The lowest BCUT2D eigenvalue weighted by atomic mass is 10.2. The molecular weight excluding hydrogens is 478 g/mol. The quantitative estimate of drug-likeness (QED) is 0.295. The van der Waals surface area contributed by atoms with Crippen molar-refractivity contribution in [2.24, 2.45) is 0 Å². The van der Waals surface area contributed by atoms with E-state index in [9.17, 15) is 9.59 Å². The molecule has 0 unspecified atom stereocenters. The van der Waals surface area contributed by atoms with Gasteiger partial charge in [-0.05, 0) is 67.1 Å². The van der Waals surface area contributed by atoms with Crippen LogP contribution in [0.3, 0.4) is 0 Å². The Kier molecular flexibility index (Phi) is 7.17. The molecule has 0 atom stereocenters. The third-order valence-corrected chi connectivity index (χ3v) is 7.33. The minimum atomic E-state index is -0.205. The van der Waals surface area contributed by atoms with Crippen LogP contribution >= 0.6 is 34.7 Å². The summed E-state index contributed by atoms with van der Waals surface area (Å²) in [6.45, 7) is 1.91. The van der Waals surface area contributed by atoms with E-state index in [1.807, 2.05) is 37.3 Å². The number of halogens is 1. The summed E-state index contributed by atoms with van der Waals surface area (Å²) in [6, 6.07) is 17.9. The molecule has 3 aromatic carbocycles. The molecule has 1 heterocycles. The molecule has 0 radical (unpaired) electrons. The largest absolute Gasteiger partial charge is 0.497 e. The molecule has 9 heteroatoms. The van der Waals surface area contributed by atoms with Gasteiger partial charge >= 0.3 is 0 Å². The molecule has 0 aliphatic carbocycles. The summed E-state index contributed by atoms with van der Waals surface area (Å²) in [6.07, 6.45) is 0. The lowest BCUT2D eigenvalue weighted by Crippen LogP contribution is -2.13. The van der Waals surface area contributed by atoms with E-state index in [-0.39, 0.29) is 17.6 Å². The molecule has 2 amide bonds. The van der Waals surface area contributed by atoms with Crippen molar-refractivity contribution in [3.05, 3.63) is 76.8 Å². The van der Waals surface area contributed by atoms with Gasteiger partial charge in [0.1, 0.15) is 5.75 Å². The summed E-state index contributed by atoms with van der Waals surface area (Å²) < 4.78 is 6.83. The summed E-state index contributed by atoms with van der Waals surface area (Å²) in [5, 5.41) is 6.36. The molecule has 0 saturated carbocycles. The molecule has 0 fully saturated rings. The Morgan fingerprint density at radius 2 is 1.76 bits per heavy atom. The number of aryl methyl sites for hydroxylation is 1. The van der Waals surface area contributed by atoms with E-state index in [4.69, 9.17) is 16.3 Å². The zero-order valence-corrected chi connectivity index (χ0v) is 20.2. The number of nitrogens with zero attached hydrogens (tertiary/aromatic N) is 1. The average molecular weight is 498 g/mol. The third kappa shape index (κ3) is 5.84. The molecule has 0 aliphatic heterocycles. The Bertz CT molecular complexity index is 1320. The minimum absolute atomic E-state index is 0.133. The molecule has 0 spiro atoms. The Balaban J connectivity index is 1.37. The SMILES string of the molecule is COc1ccc(C(=O)Nc2ccc3nc(SCC(=O)Nc4ccc(C)c(Cl)c4)sc3c2)cc1. The maximum absolute atomic E-state index is 12.5. The predicted molar refractivity (Wildman–Crippen MR) is 136 cm³/mol. The van der Waals surface area contributed by atoms with Crippen molar-refractivity contribution in [1.29, 1.82) is 0 Å². The maximum Gasteiger partial charge on any atom is 0.255 e. The van der Waals surface area contributed by atoms with Gasteiger partial charge in [-0.2, -0.15) is 0 Å². The lowest BCUT2D eigenvalue weighted by molar-refractivity contribution is -0.113. The van der Waals surface area contributed by atoms with E-state index in [1.165, 1.54) is 23.1 Å². The van der Waals surface area contributed by atoms with Crippen LogP contribution in [0.25, 0.3) is 10.2 Å². The second-order valence-electron chi connectivity index (χ2n) is 7.15. The fourth-order valence-electron chi connectivity index (χ4n) is 2.98. The first-order valence-electron chi connectivity index (χ1n) is 9.96. The standard InChI is InChI=1S/C24H20ClN3O3S2/c1-14-3-6-16(11-19(14)25)26-22(29)13-32-24-28-20-10-7-17(12-21(20)33-24)27-23(30)15-4-8-18(31-2)9-5-15/h3-12H,13H2,1-2H3,(H,26,29)(H,27,30). The topological polar surface area (TPSA) is 80.3 Å². The number of carbonyl (C=O) groups is 2. The van der Waals surface area contributed by atoms with Crippen molar-refractivity contribution >= 4 is 68.1 Å². The smallest absolute Gasteiger partial charge is 0.255 e. The fourth-order valence-corrected chi connectivity index (χ4v) is 5.07. The van der Waals surface area contributed by atoms with Crippen LogP contribution in [-0.4, -0.2) is 29.7 Å². The molecule has 2 N–H and O–H groups in total. The normalized spacial score (nSPS) is 10.8. The average Bonchev–Trinajstić information content (AvgIpc) is 3.22. The van der Waals surface area contributed by atoms with E-state index < -0.39 is 0 Å². The van der Waals surface area contributed by atoms with Gasteiger partial charge in [0.25, 0.3) is 5.91 Å². The highest BCUT2D eigenvalue weighted by molar-refractivity contribution is 8.01. The highest BCUT2D eigenvalue weighted by atomic mass is 35.5. The lowest BCUT2D eigenvalue weighted by Gasteiger charge is -2.06. The number of thiazole rings is 1. The van der Waals surface area contributed by atoms with E-state index in [0.29, 0.717) is 27.7 Å². The number of hydrogen-bond donors (Lipinski definition) is 2. The van der Waals surface area contributed by atoms with Gasteiger partial charge in [-0.15, -0.1) is 11.3 Å². The number of methoxy groups -OCH3 is 1. The Morgan fingerprint density at radius 3 is 2.48 bits per heavy atom. The van der Waals surface area contributed by atoms with Gasteiger partial charge in [0.15, 0.2) is 4.34 Å². The number of aromatic nitrogens is 1. The second-order valence-corrected chi connectivity index (χ2v) is 9.81. The third-order valence-electron chi connectivity index (χ3n) is 4.76. The van der Waals surface area contributed by atoms with E-state index in [1.54, 1.807) is 37.4 Å². The summed E-state index contributed by atoms with van der Waals surface area (Å²) in [5.41, 5.74) is 3.65. The Morgan fingerprint density at radius 1 is 1.03 bits per heavy atom. The van der Waals surface area contributed by atoms with Crippen molar-refractivity contribution in [2.45, 2.75) is 11.3 Å². The Labute approximate surface area is 204 Å². The van der Waals surface area contributed by atoms with Crippen molar-refractivity contribution < 1.29 is 14.3 Å². The molecule has 1 aromatic heterocycles. The number of ether oxygens (including phenoxy) is 1. The Hall–Kier alpha value is -3.07. The highest BCUT2D eigenvalue weighted by Crippen LogP contribution is 2.31. The summed E-state index contributed by atoms with van der Waals surface area (Å²) >= 11 is 8.95. The van der Waals surface area contributed by atoms with Gasteiger partial charge in [-0.3, -0.25) is 9.59 Å². The summed E-state index contributed by atoms with van der Waals surface area (Å²) in [7, 11) is 1.58. The van der Waals surface area contributed by atoms with Crippen LogP contribution in [0.15, 0.2) is 65.0 Å². The van der Waals surface area contributed by atoms with Crippen molar-refractivity contribution in [3.8, 4) is 5.75 Å². The van der Waals surface area contributed by atoms with Gasteiger partial charge in [0.05, 0.1) is 23.1 Å². The summed E-state index contributed by atoms with van der Waals surface area (Å²) in [5.74, 6) is 0.585. The first-order chi connectivity index (χ1) is 15.9. The number of anilines is 2. The molecule has 4 rings (SSSR count). The van der Waals surface area contributed by atoms with E-state index in [0.717, 1.165) is 20.1 Å². The van der Waals surface area contributed by atoms with Crippen LogP contribution < -0.4 is 15.4 Å². The van der Waals surface area contributed by atoms with Crippen LogP contribution in [-0.2, 0) is 4.79 Å². The number of benzene rings is 3. The highest BCUT2D eigenvalue weighted by Gasteiger charge is 2.11. The molecule has 0 bridgehead atoms. The number of carbonyl (C=O) groups excluding carboxylic acids is 2. The van der Waals surface area contributed by atoms with Crippen LogP contribution in [0.4, 0.5) is 11.4 Å². The van der Waals surface area contributed by atoms with Crippen molar-refractivity contribution in [2.75, 3.05) is 23.5 Å². The van der Waals surface area contributed by atoms with Gasteiger partial charge < -0.3 is 15.4 Å². The molecular formula is C24H20ClN3O3S2. The van der Waals surface area contributed by atoms with Crippen LogP contribution in [0, 0.1) is 6.92 Å². The van der Waals surface area contributed by atoms with Crippen LogP contribution in [0.2, 0.25) is 5.02 Å². The van der Waals surface area contributed by atoms with Crippen molar-refractivity contribution in [3.63, 3.8) is 0 Å². The van der Waals surface area contributed by atoms with Gasteiger partial charge in [-0.1, -0.05) is 29.4 Å². The predicted octanol–water partition coefficient (Wildman–Crippen LogP) is 6.25. The van der Waals surface area contributed by atoms with Gasteiger partial charge in [0, 0.05) is 22.0 Å². The minimum Gasteiger partial charge on any atom is -0.497 e. The van der Waals surface area contributed by atoms with Gasteiger partial charge in [-0.25, -0.2) is 4.98 Å².